The van der Waals surface area contributed by atoms with Gasteiger partial charge in [0.1, 0.15) is 0 Å². The topological polar surface area (TPSA) is 59.1 Å². The molecule has 0 aliphatic rings. The third kappa shape index (κ3) is 4.25. The van der Waals surface area contributed by atoms with Crippen molar-refractivity contribution in [3.63, 3.8) is 0 Å². The normalized spacial score (nSPS) is 10.4. The lowest BCUT2D eigenvalue weighted by molar-refractivity contribution is 0.102. The molecule has 0 fully saturated rings. The van der Waals surface area contributed by atoms with Gasteiger partial charge in [-0.1, -0.05) is 35.3 Å². The zero-order valence-corrected chi connectivity index (χ0v) is 15.7. The maximum absolute atomic E-state index is 12.5. The van der Waals surface area contributed by atoms with Crippen molar-refractivity contribution in [1.82, 2.24) is 4.98 Å². The molecule has 1 amide bonds. The smallest absolute Gasteiger partial charge is 0.322 e. The molecule has 1 heterocycles. The molecule has 26 heavy (non-hydrogen) atoms. The predicted octanol–water partition coefficient (Wildman–Crippen LogP) is 5.24. The summed E-state index contributed by atoms with van der Waals surface area (Å²) in [6.07, 6.45) is 1.68. The molecule has 3 aromatic rings. The summed E-state index contributed by atoms with van der Waals surface area (Å²) in [5.74, 6) is -0.0442. The molecule has 0 bridgehead atoms. The van der Waals surface area contributed by atoms with E-state index in [1.165, 1.54) is 0 Å². The van der Waals surface area contributed by atoms with Crippen LogP contribution in [0.5, 0.6) is 0 Å². The van der Waals surface area contributed by atoms with Crippen LogP contribution in [0, 0.1) is 0 Å². The monoisotopic (exact) mass is 403 g/mol. The average Bonchev–Trinajstić information content (AvgIpc) is 2.64. The van der Waals surface area contributed by atoms with Crippen LogP contribution in [0.4, 0.5) is 5.69 Å². The molecule has 1 aromatic heterocycles. The lowest BCUT2D eigenvalue weighted by Crippen LogP contribution is -2.12. The molecule has 0 saturated carbocycles. The zero-order valence-electron chi connectivity index (χ0n) is 13.4. The largest absolute Gasteiger partial charge is 0.463 e. The first-order chi connectivity index (χ1) is 12.6. The first kappa shape index (κ1) is 18.5. The van der Waals surface area contributed by atoms with Gasteiger partial charge < -0.3 is 5.32 Å². The van der Waals surface area contributed by atoms with Gasteiger partial charge in [0, 0.05) is 27.2 Å². The molecule has 0 spiro atoms. The Labute approximate surface area is 164 Å². The molecule has 4 nitrogen and oxygen atoms in total. The Morgan fingerprint density at radius 1 is 1.04 bits per heavy atom. The maximum atomic E-state index is 12.5. The predicted molar refractivity (Wildman–Crippen MR) is 106 cm³/mol. The number of carbonyl (C=O) groups is 1. The van der Waals surface area contributed by atoms with Crippen LogP contribution in [0.3, 0.4) is 0 Å². The van der Waals surface area contributed by atoms with Crippen molar-refractivity contribution in [2.24, 2.45) is 0 Å². The molecule has 3 rings (SSSR count). The van der Waals surface area contributed by atoms with Crippen LogP contribution in [-0.2, 0) is 21.6 Å². The molecule has 0 unspecified atom stereocenters. The summed E-state index contributed by atoms with van der Waals surface area (Å²) in [6, 6.07) is 15.7. The third-order valence-electron chi connectivity index (χ3n) is 3.67. The molecule has 1 N–H and O–H groups in total. The Bertz CT molecular complexity index is 965. The molecule has 0 aliphatic carbocycles. The van der Waals surface area contributed by atoms with Gasteiger partial charge in [-0.3, -0.25) is 9.78 Å². The Balaban J connectivity index is 1.85. The minimum Gasteiger partial charge on any atom is -0.322 e. The second kappa shape index (κ2) is 8.36. The highest BCUT2D eigenvalue weighted by Gasteiger charge is 2.14. The van der Waals surface area contributed by atoms with Crippen molar-refractivity contribution in [1.29, 1.82) is 0 Å². The van der Waals surface area contributed by atoms with Crippen molar-refractivity contribution in [2.45, 2.75) is 5.75 Å². The van der Waals surface area contributed by atoms with Crippen molar-refractivity contribution in [2.75, 3.05) is 5.32 Å². The van der Waals surface area contributed by atoms with Crippen molar-refractivity contribution in [3.8, 4) is 11.3 Å². The van der Waals surface area contributed by atoms with Gasteiger partial charge in [-0.25, -0.2) is 0 Å². The number of benzene rings is 2. The number of anilines is 1. The van der Waals surface area contributed by atoms with E-state index in [2.05, 4.69) is 10.3 Å². The summed E-state index contributed by atoms with van der Waals surface area (Å²) in [6.45, 7) is 0. The van der Waals surface area contributed by atoms with Gasteiger partial charge in [-0.15, -0.1) is 0 Å². The van der Waals surface area contributed by atoms with Crippen LogP contribution in [0.15, 0.2) is 60.8 Å². The van der Waals surface area contributed by atoms with Crippen LogP contribution in [0.2, 0.25) is 10.0 Å². The quantitative estimate of drug-likeness (QED) is 0.592. The van der Waals surface area contributed by atoms with Crippen molar-refractivity contribution in [3.05, 3.63) is 82.0 Å². The van der Waals surface area contributed by atoms with E-state index in [1.807, 2.05) is 18.2 Å². The summed E-state index contributed by atoms with van der Waals surface area (Å²) in [4.78, 5) is 16.8. The zero-order chi connectivity index (χ0) is 18.5. The first-order valence-electron chi connectivity index (χ1n) is 7.64. The van der Waals surface area contributed by atoms with Crippen LogP contribution in [0.1, 0.15) is 15.9 Å². The number of amides is 1. The standard InChI is InChI=1S/C19H12Cl2N2O2S/c20-16-7-5-13(10-15(16)18-3-1-2-8-22-18)23-19(24)14-6-4-12(11-26-25)9-17(14)21/h1-10H,11H2/p+1. The van der Waals surface area contributed by atoms with Gasteiger partial charge in [-0.05, 0) is 42.5 Å². The van der Waals surface area contributed by atoms with E-state index < -0.39 is 0 Å². The van der Waals surface area contributed by atoms with Gasteiger partial charge >= 0.3 is 11.7 Å². The first-order valence-corrected chi connectivity index (χ1v) is 9.30. The molecule has 0 aliphatic heterocycles. The van der Waals surface area contributed by atoms with Crippen molar-refractivity contribution < 1.29 is 9.00 Å². The number of pyridine rings is 1. The van der Waals surface area contributed by atoms with Crippen LogP contribution in [0.25, 0.3) is 11.3 Å². The Morgan fingerprint density at radius 2 is 1.88 bits per heavy atom. The number of rotatable bonds is 5. The van der Waals surface area contributed by atoms with E-state index in [0.717, 1.165) is 11.1 Å². The lowest BCUT2D eigenvalue weighted by atomic mass is 10.1. The van der Waals surface area contributed by atoms with E-state index in [9.17, 15) is 9.00 Å². The second-order valence-corrected chi connectivity index (χ2v) is 6.78. The Kier molecular flexibility index (Phi) is 5.93. The van der Waals surface area contributed by atoms with Gasteiger partial charge in [0.15, 0.2) is 0 Å². The maximum Gasteiger partial charge on any atom is 0.463 e. The van der Waals surface area contributed by atoms with Gasteiger partial charge in [-0.2, -0.15) is 0 Å². The number of hydrogen-bond acceptors (Lipinski definition) is 3. The van der Waals surface area contributed by atoms with Crippen LogP contribution < -0.4 is 5.32 Å². The average molecular weight is 404 g/mol. The fourth-order valence-electron chi connectivity index (χ4n) is 2.42. The van der Waals surface area contributed by atoms with Gasteiger partial charge in [0.2, 0.25) is 0 Å². The number of halogens is 2. The number of hydrogen-bond donors (Lipinski definition) is 1. The van der Waals surface area contributed by atoms with Crippen LogP contribution in [-0.4, -0.2) is 10.9 Å². The number of nitrogens with one attached hydrogen (secondary N) is 1. The van der Waals surface area contributed by atoms with E-state index in [1.54, 1.807) is 42.6 Å². The second-order valence-electron chi connectivity index (χ2n) is 5.44. The summed E-state index contributed by atoms with van der Waals surface area (Å²) in [7, 11) is 0. The Morgan fingerprint density at radius 3 is 2.58 bits per heavy atom. The molecule has 0 radical (unpaired) electrons. The SMILES string of the molecule is O=[S+]Cc1ccc(C(=O)Nc2ccc(Cl)c(-c3ccccn3)c2)c(Cl)c1. The fraction of sp³-hybridized carbons (Fsp3) is 0.0526. The fourth-order valence-corrected chi connectivity index (χ4v) is 3.24. The lowest BCUT2D eigenvalue weighted by Gasteiger charge is -2.10. The highest BCUT2D eigenvalue weighted by atomic mass is 35.5. The van der Waals surface area contributed by atoms with E-state index in [0.29, 0.717) is 44.4 Å². The summed E-state index contributed by atoms with van der Waals surface area (Å²) < 4.78 is 10.6. The molecular weight excluding hydrogens is 391 g/mol. The van der Waals surface area contributed by atoms with E-state index in [4.69, 9.17) is 23.2 Å². The van der Waals surface area contributed by atoms with Gasteiger partial charge in [0.05, 0.1) is 21.3 Å². The van der Waals surface area contributed by atoms with Gasteiger partial charge in [0.25, 0.3) is 11.7 Å². The highest BCUT2D eigenvalue weighted by Crippen LogP contribution is 2.29. The molecule has 2 aromatic carbocycles. The third-order valence-corrected chi connectivity index (χ3v) is 4.76. The summed E-state index contributed by atoms with van der Waals surface area (Å²) in [5, 5.41) is 3.65. The molecule has 130 valence electrons. The molecular formula is C19H13Cl2N2O2S+. The molecule has 7 heteroatoms. The minimum absolute atomic E-state index is 0.298. The number of carbonyl (C=O) groups excluding carboxylic acids is 1. The van der Waals surface area contributed by atoms with E-state index >= 15 is 0 Å². The van der Waals surface area contributed by atoms with Crippen molar-refractivity contribution >= 4 is 46.5 Å². The highest BCUT2D eigenvalue weighted by molar-refractivity contribution is 7.64. The minimum atomic E-state index is -0.342. The number of aromatic nitrogens is 1. The molecule has 0 saturated heterocycles. The van der Waals surface area contributed by atoms with Crippen LogP contribution >= 0.6 is 23.2 Å². The number of nitrogens with zero attached hydrogens (tertiary/aromatic N) is 1. The summed E-state index contributed by atoms with van der Waals surface area (Å²) >= 11 is 12.9. The van der Waals surface area contributed by atoms with E-state index in [-0.39, 0.29) is 5.91 Å². The Hall–Kier alpha value is -2.34. The summed E-state index contributed by atoms with van der Waals surface area (Å²) in [5.41, 5.74) is 3.12. The molecule has 0 atom stereocenters.